The molecular formula is C20H28N4O2. The van der Waals surface area contributed by atoms with E-state index in [-0.39, 0.29) is 5.91 Å². The lowest BCUT2D eigenvalue weighted by molar-refractivity contribution is 0.0752. The van der Waals surface area contributed by atoms with Gasteiger partial charge in [-0.05, 0) is 39.0 Å². The molecule has 0 N–H and O–H groups in total. The van der Waals surface area contributed by atoms with E-state index in [2.05, 4.69) is 53.3 Å². The van der Waals surface area contributed by atoms with Crippen LogP contribution >= 0.6 is 0 Å². The standard InChI is InChI=1S/C20H28N4O2/c1-22-10-6-11-24(14-13-22)20(25)19-15-18(26-21-19)16-23(2)12-9-17-7-4-3-5-8-17/h3-5,7-8,15H,6,9-14,16H2,1-2H3. The Morgan fingerprint density at radius 2 is 2.00 bits per heavy atom. The average Bonchev–Trinajstić information content (AvgIpc) is 3.00. The van der Waals surface area contributed by atoms with Gasteiger partial charge in [-0.2, -0.15) is 0 Å². The van der Waals surface area contributed by atoms with Gasteiger partial charge >= 0.3 is 0 Å². The summed E-state index contributed by atoms with van der Waals surface area (Å²) in [5.74, 6) is 0.707. The summed E-state index contributed by atoms with van der Waals surface area (Å²) in [5.41, 5.74) is 1.74. The molecule has 0 unspecified atom stereocenters. The number of rotatable bonds is 6. The lowest BCUT2D eigenvalue weighted by atomic mass is 10.1. The fourth-order valence-electron chi connectivity index (χ4n) is 3.21. The van der Waals surface area contributed by atoms with Gasteiger partial charge in [-0.3, -0.25) is 9.69 Å². The van der Waals surface area contributed by atoms with Crippen LogP contribution in [0.3, 0.4) is 0 Å². The molecule has 2 heterocycles. The Hall–Kier alpha value is -2.18. The molecule has 0 bridgehead atoms. The Bertz CT molecular complexity index is 701. The predicted molar refractivity (Wildman–Crippen MR) is 101 cm³/mol. The quantitative estimate of drug-likeness (QED) is 0.794. The lowest BCUT2D eigenvalue weighted by Gasteiger charge is -2.18. The zero-order valence-corrected chi connectivity index (χ0v) is 15.7. The summed E-state index contributed by atoms with van der Waals surface area (Å²) >= 11 is 0. The number of hydrogen-bond acceptors (Lipinski definition) is 5. The number of carbonyl (C=O) groups is 1. The maximum absolute atomic E-state index is 12.6. The van der Waals surface area contributed by atoms with Crippen molar-refractivity contribution in [2.75, 3.05) is 46.8 Å². The molecule has 6 nitrogen and oxygen atoms in total. The molecule has 0 aliphatic carbocycles. The highest BCUT2D eigenvalue weighted by Gasteiger charge is 2.22. The van der Waals surface area contributed by atoms with Gasteiger partial charge in [0, 0.05) is 32.2 Å². The Labute approximate surface area is 155 Å². The number of benzene rings is 1. The largest absolute Gasteiger partial charge is 0.359 e. The van der Waals surface area contributed by atoms with Crippen molar-refractivity contribution in [2.24, 2.45) is 0 Å². The third-order valence-electron chi connectivity index (χ3n) is 4.84. The molecule has 1 aromatic carbocycles. The number of carbonyl (C=O) groups excluding carboxylic acids is 1. The van der Waals surface area contributed by atoms with Gasteiger partial charge in [0.05, 0.1) is 6.54 Å². The number of likely N-dealkylation sites (N-methyl/N-ethyl adjacent to an activating group) is 2. The molecule has 1 aromatic heterocycles. The van der Waals surface area contributed by atoms with E-state index in [9.17, 15) is 4.79 Å². The Morgan fingerprint density at radius 1 is 1.19 bits per heavy atom. The maximum Gasteiger partial charge on any atom is 0.276 e. The molecule has 0 spiro atoms. The van der Waals surface area contributed by atoms with Crippen molar-refractivity contribution in [3.05, 3.63) is 53.4 Å². The van der Waals surface area contributed by atoms with Crippen LogP contribution in [-0.2, 0) is 13.0 Å². The highest BCUT2D eigenvalue weighted by molar-refractivity contribution is 5.92. The summed E-state index contributed by atoms with van der Waals surface area (Å²) in [7, 11) is 4.14. The fourth-order valence-corrected chi connectivity index (χ4v) is 3.21. The highest BCUT2D eigenvalue weighted by atomic mass is 16.5. The van der Waals surface area contributed by atoms with Gasteiger partial charge in [0.1, 0.15) is 0 Å². The van der Waals surface area contributed by atoms with Crippen LogP contribution in [0.25, 0.3) is 0 Å². The van der Waals surface area contributed by atoms with E-state index in [1.807, 2.05) is 11.0 Å². The smallest absolute Gasteiger partial charge is 0.276 e. The summed E-state index contributed by atoms with van der Waals surface area (Å²) in [5, 5.41) is 4.01. The van der Waals surface area contributed by atoms with Crippen LogP contribution in [0.2, 0.25) is 0 Å². The molecule has 2 aromatic rings. The predicted octanol–water partition coefficient (Wildman–Crippen LogP) is 2.13. The number of amides is 1. The van der Waals surface area contributed by atoms with Gasteiger partial charge in [0.25, 0.3) is 5.91 Å². The minimum atomic E-state index is -0.0257. The van der Waals surface area contributed by atoms with Gasteiger partial charge in [-0.25, -0.2) is 0 Å². The third kappa shape index (κ3) is 5.16. The van der Waals surface area contributed by atoms with E-state index in [4.69, 9.17) is 4.52 Å². The van der Waals surface area contributed by atoms with Crippen LogP contribution < -0.4 is 0 Å². The molecule has 6 heteroatoms. The molecule has 1 amide bonds. The van der Waals surface area contributed by atoms with Crippen molar-refractivity contribution in [1.29, 1.82) is 0 Å². The zero-order chi connectivity index (χ0) is 18.4. The molecular weight excluding hydrogens is 328 g/mol. The molecule has 140 valence electrons. The molecule has 0 atom stereocenters. The van der Waals surface area contributed by atoms with E-state index < -0.39 is 0 Å². The zero-order valence-electron chi connectivity index (χ0n) is 15.7. The van der Waals surface area contributed by atoms with Gasteiger partial charge in [-0.1, -0.05) is 35.5 Å². The molecule has 1 fully saturated rings. The summed E-state index contributed by atoms with van der Waals surface area (Å²) in [6.07, 6.45) is 1.98. The molecule has 0 saturated carbocycles. The summed E-state index contributed by atoms with van der Waals surface area (Å²) in [4.78, 5) is 19.0. The number of aromatic nitrogens is 1. The second-order valence-corrected chi connectivity index (χ2v) is 7.10. The van der Waals surface area contributed by atoms with Gasteiger partial charge < -0.3 is 14.3 Å². The minimum absolute atomic E-state index is 0.0257. The van der Waals surface area contributed by atoms with Crippen LogP contribution in [0.1, 0.15) is 28.2 Å². The topological polar surface area (TPSA) is 52.8 Å². The van der Waals surface area contributed by atoms with Crippen LogP contribution in [-0.4, -0.2) is 72.6 Å². The second-order valence-electron chi connectivity index (χ2n) is 7.10. The maximum atomic E-state index is 12.6. The Balaban J connectivity index is 1.51. The van der Waals surface area contributed by atoms with Crippen LogP contribution in [0.15, 0.2) is 40.9 Å². The third-order valence-corrected chi connectivity index (χ3v) is 4.84. The molecule has 3 rings (SSSR count). The van der Waals surface area contributed by atoms with E-state index >= 15 is 0 Å². The Morgan fingerprint density at radius 3 is 2.81 bits per heavy atom. The van der Waals surface area contributed by atoms with Crippen LogP contribution in [0.5, 0.6) is 0 Å². The van der Waals surface area contributed by atoms with Gasteiger partial charge in [0.2, 0.25) is 0 Å². The van der Waals surface area contributed by atoms with Crippen molar-refractivity contribution in [3.8, 4) is 0 Å². The van der Waals surface area contributed by atoms with Crippen molar-refractivity contribution < 1.29 is 9.32 Å². The molecule has 1 aliphatic heterocycles. The molecule has 26 heavy (non-hydrogen) atoms. The first-order valence-corrected chi connectivity index (χ1v) is 9.27. The van der Waals surface area contributed by atoms with E-state index in [0.29, 0.717) is 12.2 Å². The molecule has 1 aliphatic rings. The SMILES string of the molecule is CN1CCCN(C(=O)c2cc(CN(C)CCc3ccccc3)on2)CC1. The van der Waals surface area contributed by atoms with E-state index in [0.717, 1.165) is 51.3 Å². The van der Waals surface area contributed by atoms with Gasteiger partial charge in [0.15, 0.2) is 11.5 Å². The summed E-state index contributed by atoms with van der Waals surface area (Å²) in [6.45, 7) is 5.03. The van der Waals surface area contributed by atoms with E-state index in [1.165, 1.54) is 5.56 Å². The minimum Gasteiger partial charge on any atom is -0.359 e. The van der Waals surface area contributed by atoms with E-state index in [1.54, 1.807) is 6.07 Å². The van der Waals surface area contributed by atoms with Crippen molar-refractivity contribution >= 4 is 5.91 Å². The van der Waals surface area contributed by atoms with Crippen molar-refractivity contribution in [3.63, 3.8) is 0 Å². The lowest BCUT2D eigenvalue weighted by Crippen LogP contribution is -2.34. The van der Waals surface area contributed by atoms with Crippen LogP contribution in [0, 0.1) is 0 Å². The first kappa shape index (κ1) is 18.6. The Kier molecular flexibility index (Phi) is 6.41. The monoisotopic (exact) mass is 356 g/mol. The highest BCUT2D eigenvalue weighted by Crippen LogP contribution is 2.12. The van der Waals surface area contributed by atoms with Crippen molar-refractivity contribution in [2.45, 2.75) is 19.4 Å². The number of nitrogens with zero attached hydrogens (tertiary/aromatic N) is 4. The molecule has 1 saturated heterocycles. The summed E-state index contributed by atoms with van der Waals surface area (Å²) in [6, 6.07) is 12.2. The van der Waals surface area contributed by atoms with Crippen molar-refractivity contribution in [1.82, 2.24) is 19.9 Å². The molecule has 0 radical (unpaired) electrons. The number of hydrogen-bond donors (Lipinski definition) is 0. The summed E-state index contributed by atoms with van der Waals surface area (Å²) < 4.78 is 5.40. The first-order valence-electron chi connectivity index (χ1n) is 9.27. The average molecular weight is 356 g/mol. The van der Waals surface area contributed by atoms with Crippen LogP contribution in [0.4, 0.5) is 0 Å². The fraction of sp³-hybridized carbons (Fsp3) is 0.500. The normalized spacial score (nSPS) is 16.0. The first-order chi connectivity index (χ1) is 12.6. The van der Waals surface area contributed by atoms with Gasteiger partial charge in [-0.15, -0.1) is 0 Å². The second kappa shape index (κ2) is 8.96.